The molecule has 1 aliphatic rings. The number of hydrogen-bond donors (Lipinski definition) is 0. The van der Waals surface area contributed by atoms with Gasteiger partial charge in [-0.1, -0.05) is 41.6 Å². The minimum atomic E-state index is -0.0532. The number of fused-ring (bicyclic) bond motifs is 1. The molecule has 0 spiro atoms. The summed E-state index contributed by atoms with van der Waals surface area (Å²) >= 11 is 1.58. The minimum absolute atomic E-state index is 0.0112. The molecular weight excluding hydrogens is 398 g/mol. The minimum Gasteiger partial charge on any atom is -0.372 e. The molecule has 5 rings (SSSR count). The number of hydrogen-bond acceptors (Lipinski definition) is 6. The van der Waals surface area contributed by atoms with Crippen molar-refractivity contribution >= 4 is 28.3 Å². The van der Waals surface area contributed by atoms with E-state index in [2.05, 4.69) is 10.1 Å². The van der Waals surface area contributed by atoms with Gasteiger partial charge in [-0.25, -0.2) is 4.98 Å². The molecule has 0 bridgehead atoms. The third kappa shape index (κ3) is 3.40. The number of morpholine rings is 1. The zero-order valence-electron chi connectivity index (χ0n) is 16.7. The molecule has 1 amide bonds. The van der Waals surface area contributed by atoms with Crippen LogP contribution in [0.4, 0.5) is 0 Å². The van der Waals surface area contributed by atoms with Crippen molar-refractivity contribution in [2.45, 2.75) is 26.1 Å². The number of amides is 1. The summed E-state index contributed by atoms with van der Waals surface area (Å²) in [7, 11) is 0. The lowest BCUT2D eigenvalue weighted by Crippen LogP contribution is -2.48. The Morgan fingerprint density at radius 2 is 1.87 bits per heavy atom. The summed E-state index contributed by atoms with van der Waals surface area (Å²) in [6.07, 6.45) is -0.0225. The third-order valence-electron chi connectivity index (χ3n) is 5.20. The second kappa shape index (κ2) is 7.66. The van der Waals surface area contributed by atoms with Crippen LogP contribution in [0.2, 0.25) is 0 Å². The number of ether oxygens (including phenoxy) is 1. The number of thiophene rings is 1. The molecule has 1 fully saturated rings. The highest BCUT2D eigenvalue weighted by Crippen LogP contribution is 2.34. The quantitative estimate of drug-likeness (QED) is 0.474. The summed E-state index contributed by atoms with van der Waals surface area (Å²) in [5.74, 6) is -0.0532. The fourth-order valence-corrected chi connectivity index (χ4v) is 4.66. The van der Waals surface area contributed by atoms with Gasteiger partial charge in [0.05, 0.1) is 33.7 Å². The Hall–Kier alpha value is -3.03. The maximum absolute atomic E-state index is 13.7. The van der Waals surface area contributed by atoms with E-state index in [0.29, 0.717) is 41.1 Å². The standard InChI is InChI=1S/C23H21N3O3S/c1-14-12-26(13-15(2)28-14)23(27)17-11-18(19-9-6-10-30-19)24-22-20(17)21(25-29-22)16-7-4-3-5-8-16/h3-11,14-15H,12-13H2,1-2H3/t14-,15+. The van der Waals surface area contributed by atoms with Crippen LogP contribution in [0.1, 0.15) is 24.2 Å². The molecule has 1 saturated heterocycles. The van der Waals surface area contributed by atoms with Crippen LogP contribution in [0, 0.1) is 0 Å². The number of carbonyl (C=O) groups excluding carboxylic acids is 1. The van der Waals surface area contributed by atoms with Gasteiger partial charge in [-0.15, -0.1) is 11.3 Å². The fraction of sp³-hybridized carbons (Fsp3) is 0.261. The third-order valence-corrected chi connectivity index (χ3v) is 6.10. The molecule has 1 aliphatic heterocycles. The van der Waals surface area contributed by atoms with Gasteiger partial charge >= 0.3 is 0 Å². The first-order valence-electron chi connectivity index (χ1n) is 9.94. The normalized spacial score (nSPS) is 19.3. The molecular formula is C23H21N3O3S. The highest BCUT2D eigenvalue weighted by atomic mass is 32.1. The lowest BCUT2D eigenvalue weighted by atomic mass is 10.0. The van der Waals surface area contributed by atoms with E-state index in [9.17, 15) is 4.79 Å². The summed E-state index contributed by atoms with van der Waals surface area (Å²) in [5.41, 5.74) is 3.17. The molecule has 4 aromatic rings. The molecule has 7 heteroatoms. The average Bonchev–Trinajstić information content (AvgIpc) is 3.42. The summed E-state index contributed by atoms with van der Waals surface area (Å²) in [6.45, 7) is 5.08. The molecule has 2 atom stereocenters. The van der Waals surface area contributed by atoms with Crippen LogP contribution in [0.15, 0.2) is 58.4 Å². The zero-order valence-corrected chi connectivity index (χ0v) is 17.6. The summed E-state index contributed by atoms with van der Waals surface area (Å²) < 4.78 is 11.4. The van der Waals surface area contributed by atoms with E-state index in [1.54, 1.807) is 11.3 Å². The Morgan fingerprint density at radius 1 is 1.10 bits per heavy atom. The van der Waals surface area contributed by atoms with Gasteiger partial charge in [0.15, 0.2) is 0 Å². The van der Waals surface area contributed by atoms with Crippen LogP contribution < -0.4 is 0 Å². The zero-order chi connectivity index (χ0) is 20.7. The Labute approximate surface area is 178 Å². The van der Waals surface area contributed by atoms with Crippen molar-refractivity contribution in [3.8, 4) is 21.8 Å². The number of benzene rings is 1. The highest BCUT2D eigenvalue weighted by Gasteiger charge is 2.30. The number of pyridine rings is 1. The maximum atomic E-state index is 13.7. The van der Waals surface area contributed by atoms with E-state index in [0.717, 1.165) is 10.4 Å². The first-order valence-corrected chi connectivity index (χ1v) is 10.8. The van der Waals surface area contributed by atoms with Gasteiger partial charge in [0.2, 0.25) is 0 Å². The second-order valence-electron chi connectivity index (χ2n) is 7.58. The van der Waals surface area contributed by atoms with Gasteiger partial charge in [0.1, 0.15) is 5.69 Å². The van der Waals surface area contributed by atoms with E-state index in [-0.39, 0.29) is 18.1 Å². The number of carbonyl (C=O) groups is 1. The summed E-state index contributed by atoms with van der Waals surface area (Å²) in [4.78, 5) is 21.2. The fourth-order valence-electron chi connectivity index (χ4n) is 3.98. The van der Waals surface area contributed by atoms with Gasteiger partial charge in [0, 0.05) is 18.7 Å². The molecule has 1 aromatic carbocycles. The lowest BCUT2D eigenvalue weighted by molar-refractivity contribution is -0.0585. The van der Waals surface area contributed by atoms with Crippen LogP contribution in [0.5, 0.6) is 0 Å². The van der Waals surface area contributed by atoms with Crippen molar-refractivity contribution in [2.24, 2.45) is 0 Å². The Bertz CT molecular complexity index is 1180. The second-order valence-corrected chi connectivity index (χ2v) is 8.52. The van der Waals surface area contributed by atoms with Crippen molar-refractivity contribution < 1.29 is 14.1 Å². The molecule has 3 aromatic heterocycles. The van der Waals surface area contributed by atoms with Gasteiger partial charge in [0.25, 0.3) is 11.6 Å². The predicted octanol–water partition coefficient (Wildman–Crippen LogP) is 4.87. The molecule has 6 nitrogen and oxygen atoms in total. The monoisotopic (exact) mass is 419 g/mol. The van der Waals surface area contributed by atoms with E-state index in [1.165, 1.54) is 0 Å². The topological polar surface area (TPSA) is 68.5 Å². The van der Waals surface area contributed by atoms with Crippen molar-refractivity contribution in [2.75, 3.05) is 13.1 Å². The van der Waals surface area contributed by atoms with Crippen LogP contribution in [-0.4, -0.2) is 46.2 Å². The van der Waals surface area contributed by atoms with E-state index >= 15 is 0 Å². The summed E-state index contributed by atoms with van der Waals surface area (Å²) in [6, 6.07) is 15.6. The first-order chi connectivity index (χ1) is 14.6. The molecule has 0 unspecified atom stereocenters. The number of nitrogens with zero attached hydrogens (tertiary/aromatic N) is 3. The lowest BCUT2D eigenvalue weighted by Gasteiger charge is -2.35. The maximum Gasteiger partial charge on any atom is 0.259 e. The van der Waals surface area contributed by atoms with Crippen LogP contribution in [0.25, 0.3) is 32.9 Å². The highest BCUT2D eigenvalue weighted by molar-refractivity contribution is 7.13. The molecule has 0 aliphatic carbocycles. The van der Waals surface area contributed by atoms with Gasteiger partial charge in [-0.3, -0.25) is 4.79 Å². The Morgan fingerprint density at radius 3 is 2.57 bits per heavy atom. The largest absolute Gasteiger partial charge is 0.372 e. The van der Waals surface area contributed by atoms with E-state index < -0.39 is 0 Å². The molecule has 152 valence electrons. The molecule has 0 N–H and O–H groups in total. The van der Waals surface area contributed by atoms with Crippen molar-refractivity contribution in [1.29, 1.82) is 0 Å². The van der Waals surface area contributed by atoms with Gasteiger partial charge in [-0.2, -0.15) is 0 Å². The molecule has 0 saturated carbocycles. The summed E-state index contributed by atoms with van der Waals surface area (Å²) in [5, 5.41) is 6.92. The van der Waals surface area contributed by atoms with E-state index in [1.807, 2.05) is 72.7 Å². The van der Waals surface area contributed by atoms with E-state index in [4.69, 9.17) is 9.26 Å². The number of rotatable bonds is 3. The van der Waals surface area contributed by atoms with Gasteiger partial charge < -0.3 is 14.2 Å². The average molecular weight is 420 g/mol. The Kier molecular flexibility index (Phi) is 4.84. The van der Waals surface area contributed by atoms with Gasteiger partial charge in [-0.05, 0) is 31.4 Å². The molecule has 0 radical (unpaired) electrons. The van der Waals surface area contributed by atoms with Crippen molar-refractivity contribution in [3.05, 3.63) is 59.5 Å². The Balaban J connectivity index is 1.69. The van der Waals surface area contributed by atoms with Crippen molar-refractivity contribution in [3.63, 3.8) is 0 Å². The van der Waals surface area contributed by atoms with Crippen molar-refractivity contribution in [1.82, 2.24) is 15.0 Å². The SMILES string of the molecule is C[C@@H]1CN(C(=O)c2cc(-c3cccs3)nc3onc(-c4ccccc4)c23)C[C@H](C)O1. The number of aromatic nitrogens is 2. The molecule has 4 heterocycles. The molecule has 30 heavy (non-hydrogen) atoms. The predicted molar refractivity (Wildman–Crippen MR) is 116 cm³/mol. The van der Waals surface area contributed by atoms with Crippen LogP contribution in [0.3, 0.4) is 0 Å². The van der Waals surface area contributed by atoms with Crippen LogP contribution in [-0.2, 0) is 4.74 Å². The first kappa shape index (κ1) is 19.0. The smallest absolute Gasteiger partial charge is 0.259 e. The van der Waals surface area contributed by atoms with Crippen LogP contribution >= 0.6 is 11.3 Å².